The standard InChI is InChI=1S/C13H18N2O3S/c1-3-18-13(17)7-4-5-8-9(6-7)19-12(15-2)10(8)11(14)16/h7,15H,3-6H2,1-2H3,(H2,14,16). The SMILES string of the molecule is CCOC(=O)C1CCc2c(sc(NC)c2C(N)=O)C1. The van der Waals surface area contributed by atoms with Crippen molar-refractivity contribution in [3.63, 3.8) is 0 Å². The maximum absolute atomic E-state index is 11.8. The van der Waals surface area contributed by atoms with Gasteiger partial charge in [-0.25, -0.2) is 0 Å². The van der Waals surface area contributed by atoms with Gasteiger partial charge in [0.25, 0.3) is 5.91 Å². The zero-order valence-electron chi connectivity index (χ0n) is 11.1. The quantitative estimate of drug-likeness (QED) is 0.821. The van der Waals surface area contributed by atoms with Crippen LogP contribution in [0.25, 0.3) is 0 Å². The number of hydrogen-bond acceptors (Lipinski definition) is 5. The maximum Gasteiger partial charge on any atom is 0.309 e. The summed E-state index contributed by atoms with van der Waals surface area (Å²) in [4.78, 5) is 24.4. The molecule has 0 saturated heterocycles. The maximum atomic E-state index is 11.8. The zero-order valence-corrected chi connectivity index (χ0v) is 11.9. The highest BCUT2D eigenvalue weighted by Gasteiger charge is 2.31. The van der Waals surface area contributed by atoms with Crippen LogP contribution in [0.4, 0.5) is 5.00 Å². The van der Waals surface area contributed by atoms with Gasteiger partial charge < -0.3 is 15.8 Å². The molecule has 0 aliphatic heterocycles. The van der Waals surface area contributed by atoms with Crippen LogP contribution in [0.2, 0.25) is 0 Å². The monoisotopic (exact) mass is 282 g/mol. The Kier molecular flexibility index (Phi) is 4.09. The van der Waals surface area contributed by atoms with E-state index in [1.165, 1.54) is 11.3 Å². The van der Waals surface area contributed by atoms with Gasteiger partial charge >= 0.3 is 5.97 Å². The van der Waals surface area contributed by atoms with Crippen molar-refractivity contribution >= 4 is 28.2 Å². The number of amides is 1. The molecule has 0 radical (unpaired) electrons. The molecule has 1 heterocycles. The number of carbonyl (C=O) groups is 2. The van der Waals surface area contributed by atoms with Gasteiger partial charge in [0.2, 0.25) is 0 Å². The van der Waals surface area contributed by atoms with Crippen molar-refractivity contribution < 1.29 is 14.3 Å². The topological polar surface area (TPSA) is 81.4 Å². The van der Waals surface area contributed by atoms with Crippen molar-refractivity contribution in [2.45, 2.75) is 26.2 Å². The Hall–Kier alpha value is -1.56. The van der Waals surface area contributed by atoms with E-state index in [0.29, 0.717) is 31.4 Å². The Morgan fingerprint density at radius 2 is 2.26 bits per heavy atom. The minimum absolute atomic E-state index is 0.100. The first-order chi connectivity index (χ1) is 9.08. The lowest BCUT2D eigenvalue weighted by Crippen LogP contribution is -2.25. The van der Waals surface area contributed by atoms with E-state index in [-0.39, 0.29) is 11.9 Å². The first kappa shape index (κ1) is 13.9. The molecule has 0 aromatic carbocycles. The number of nitrogens with one attached hydrogen (secondary N) is 1. The molecule has 0 spiro atoms. The van der Waals surface area contributed by atoms with Gasteiger partial charge in [0.15, 0.2) is 0 Å². The number of hydrogen-bond donors (Lipinski definition) is 2. The molecule has 2 rings (SSSR count). The number of anilines is 1. The fourth-order valence-corrected chi connectivity index (χ4v) is 3.77. The van der Waals surface area contributed by atoms with E-state index < -0.39 is 5.91 Å². The molecule has 1 aliphatic carbocycles. The Balaban J connectivity index is 2.27. The molecule has 1 aromatic heterocycles. The predicted molar refractivity (Wildman–Crippen MR) is 74.5 cm³/mol. The second kappa shape index (κ2) is 5.61. The fraction of sp³-hybridized carbons (Fsp3) is 0.538. The normalized spacial score (nSPS) is 17.7. The minimum Gasteiger partial charge on any atom is -0.466 e. The van der Waals surface area contributed by atoms with E-state index in [9.17, 15) is 9.59 Å². The number of rotatable bonds is 4. The van der Waals surface area contributed by atoms with E-state index in [1.54, 1.807) is 7.05 Å². The van der Waals surface area contributed by atoms with Crippen LogP contribution in [0.3, 0.4) is 0 Å². The summed E-state index contributed by atoms with van der Waals surface area (Å²) >= 11 is 1.51. The molecule has 5 nitrogen and oxygen atoms in total. The molecular weight excluding hydrogens is 264 g/mol. The van der Waals surface area contributed by atoms with Crippen LogP contribution in [0, 0.1) is 5.92 Å². The lowest BCUT2D eigenvalue weighted by atomic mass is 9.87. The van der Waals surface area contributed by atoms with Crippen LogP contribution >= 0.6 is 11.3 Å². The molecule has 1 atom stereocenters. The lowest BCUT2D eigenvalue weighted by Gasteiger charge is -2.20. The summed E-state index contributed by atoms with van der Waals surface area (Å²) in [5.74, 6) is -0.652. The van der Waals surface area contributed by atoms with E-state index in [1.807, 2.05) is 6.92 Å². The highest BCUT2D eigenvalue weighted by atomic mass is 32.1. The van der Waals surface area contributed by atoms with Crippen LogP contribution in [0.5, 0.6) is 0 Å². The summed E-state index contributed by atoms with van der Waals surface area (Å²) < 4.78 is 5.07. The van der Waals surface area contributed by atoms with Crippen molar-refractivity contribution in [1.29, 1.82) is 0 Å². The van der Waals surface area contributed by atoms with Gasteiger partial charge in [-0.05, 0) is 31.7 Å². The van der Waals surface area contributed by atoms with Crippen molar-refractivity contribution in [2.24, 2.45) is 11.7 Å². The molecule has 1 unspecified atom stereocenters. The van der Waals surface area contributed by atoms with E-state index in [0.717, 1.165) is 15.4 Å². The third kappa shape index (κ3) is 2.58. The summed E-state index contributed by atoms with van der Waals surface area (Å²) in [6.45, 7) is 2.21. The molecule has 1 amide bonds. The highest BCUT2D eigenvalue weighted by Crippen LogP contribution is 2.39. The molecule has 0 bridgehead atoms. The highest BCUT2D eigenvalue weighted by molar-refractivity contribution is 7.16. The largest absolute Gasteiger partial charge is 0.466 e. The molecule has 6 heteroatoms. The van der Waals surface area contributed by atoms with Gasteiger partial charge in [-0.2, -0.15) is 0 Å². The van der Waals surface area contributed by atoms with Crippen LogP contribution in [-0.2, 0) is 22.4 Å². The van der Waals surface area contributed by atoms with Gasteiger partial charge in [0, 0.05) is 11.9 Å². The van der Waals surface area contributed by atoms with Crippen molar-refractivity contribution in [3.05, 3.63) is 16.0 Å². The first-order valence-corrected chi connectivity index (χ1v) is 7.18. The zero-order chi connectivity index (χ0) is 14.0. The minimum atomic E-state index is -0.406. The Labute approximate surface area is 116 Å². The molecule has 0 fully saturated rings. The average molecular weight is 282 g/mol. The molecule has 0 saturated carbocycles. The van der Waals surface area contributed by atoms with Gasteiger partial charge in [0.05, 0.1) is 18.1 Å². The fourth-order valence-electron chi connectivity index (χ4n) is 2.48. The number of primary amides is 1. The summed E-state index contributed by atoms with van der Waals surface area (Å²) in [6, 6.07) is 0. The number of fused-ring (bicyclic) bond motifs is 1. The predicted octanol–water partition coefficient (Wildman–Crippen LogP) is 1.56. The second-order valence-electron chi connectivity index (χ2n) is 4.51. The average Bonchev–Trinajstić information content (AvgIpc) is 2.76. The third-order valence-corrected chi connectivity index (χ3v) is 4.63. The summed E-state index contributed by atoms with van der Waals surface area (Å²) in [5.41, 5.74) is 7.03. The van der Waals surface area contributed by atoms with Crippen LogP contribution in [0.15, 0.2) is 0 Å². The van der Waals surface area contributed by atoms with Crippen LogP contribution in [0.1, 0.15) is 34.1 Å². The van der Waals surface area contributed by atoms with E-state index in [4.69, 9.17) is 10.5 Å². The number of esters is 1. The molecule has 1 aromatic rings. The number of thiophene rings is 1. The number of nitrogens with two attached hydrogens (primary N) is 1. The molecular formula is C13H18N2O3S. The van der Waals surface area contributed by atoms with E-state index >= 15 is 0 Å². The van der Waals surface area contributed by atoms with Crippen molar-refractivity contribution in [3.8, 4) is 0 Å². The summed E-state index contributed by atoms with van der Waals surface area (Å²) in [6.07, 6.45) is 2.06. The van der Waals surface area contributed by atoms with E-state index in [2.05, 4.69) is 5.32 Å². The third-order valence-electron chi connectivity index (χ3n) is 3.36. The van der Waals surface area contributed by atoms with Crippen molar-refractivity contribution in [1.82, 2.24) is 0 Å². The lowest BCUT2D eigenvalue weighted by molar-refractivity contribution is -0.148. The molecule has 104 valence electrons. The second-order valence-corrected chi connectivity index (χ2v) is 5.62. The van der Waals surface area contributed by atoms with Gasteiger partial charge in [-0.1, -0.05) is 0 Å². The Morgan fingerprint density at radius 3 is 2.84 bits per heavy atom. The van der Waals surface area contributed by atoms with Crippen LogP contribution < -0.4 is 11.1 Å². The number of ether oxygens (including phenoxy) is 1. The Morgan fingerprint density at radius 1 is 1.53 bits per heavy atom. The number of carbonyl (C=O) groups excluding carboxylic acids is 2. The summed E-state index contributed by atoms with van der Waals surface area (Å²) in [7, 11) is 1.77. The van der Waals surface area contributed by atoms with Crippen LogP contribution in [-0.4, -0.2) is 25.5 Å². The molecule has 3 N–H and O–H groups in total. The van der Waals surface area contributed by atoms with Gasteiger partial charge in [0.1, 0.15) is 5.00 Å². The molecule has 1 aliphatic rings. The smallest absolute Gasteiger partial charge is 0.309 e. The first-order valence-electron chi connectivity index (χ1n) is 6.37. The Bertz CT molecular complexity index is 510. The van der Waals surface area contributed by atoms with Gasteiger partial charge in [-0.3, -0.25) is 9.59 Å². The van der Waals surface area contributed by atoms with Crippen molar-refractivity contribution in [2.75, 3.05) is 19.0 Å². The molecule has 19 heavy (non-hydrogen) atoms. The van der Waals surface area contributed by atoms with Gasteiger partial charge in [-0.15, -0.1) is 11.3 Å². The summed E-state index contributed by atoms with van der Waals surface area (Å²) in [5, 5.41) is 3.80.